The van der Waals surface area contributed by atoms with Crippen LogP contribution in [-0.2, 0) is 11.3 Å². The normalized spacial score (nSPS) is 13.8. The first-order chi connectivity index (χ1) is 9.28. The van der Waals surface area contributed by atoms with Crippen molar-refractivity contribution in [1.29, 1.82) is 5.26 Å². The van der Waals surface area contributed by atoms with Gasteiger partial charge in [0.1, 0.15) is 5.82 Å². The lowest BCUT2D eigenvalue weighted by molar-refractivity contribution is -0.124. The number of rotatable bonds is 6. The van der Waals surface area contributed by atoms with E-state index in [4.69, 9.17) is 11.0 Å². The molecule has 1 aromatic carbocycles. The summed E-state index contributed by atoms with van der Waals surface area (Å²) in [5.41, 5.74) is 5.26. The number of amides is 1. The summed E-state index contributed by atoms with van der Waals surface area (Å²) in [6.45, 7) is 5.83. The first-order valence-corrected chi connectivity index (χ1v) is 6.52. The molecule has 0 heterocycles. The molecule has 0 saturated heterocycles. The van der Waals surface area contributed by atoms with E-state index >= 15 is 0 Å². The van der Waals surface area contributed by atoms with Crippen molar-refractivity contribution in [3.8, 4) is 6.07 Å². The summed E-state index contributed by atoms with van der Waals surface area (Å²) in [6, 6.07) is 6.10. The summed E-state index contributed by atoms with van der Waals surface area (Å²) >= 11 is 0. The van der Waals surface area contributed by atoms with E-state index in [9.17, 15) is 9.18 Å². The average Bonchev–Trinajstić information content (AvgIpc) is 2.37. The molecular formula is C15H20FN3O. The highest BCUT2D eigenvalue weighted by Gasteiger charge is 2.31. The van der Waals surface area contributed by atoms with E-state index in [-0.39, 0.29) is 12.5 Å². The smallest absolute Gasteiger partial charge is 0.237 e. The molecule has 1 atom stereocenters. The number of nitrogens with two attached hydrogens (primary N) is 1. The zero-order valence-corrected chi connectivity index (χ0v) is 12.0. The number of hydrogen-bond donors (Lipinski definition) is 2. The molecule has 5 heteroatoms. The lowest BCUT2D eigenvalue weighted by Gasteiger charge is -2.29. The van der Waals surface area contributed by atoms with E-state index < -0.39 is 17.3 Å². The zero-order valence-electron chi connectivity index (χ0n) is 12.0. The zero-order chi connectivity index (χ0) is 15.3. The van der Waals surface area contributed by atoms with Crippen molar-refractivity contribution < 1.29 is 9.18 Å². The van der Waals surface area contributed by atoms with E-state index in [1.165, 1.54) is 18.2 Å². The maximum absolute atomic E-state index is 13.7. The van der Waals surface area contributed by atoms with Crippen LogP contribution in [0.5, 0.6) is 0 Å². The predicted octanol–water partition coefficient (Wildman–Crippen LogP) is 2.08. The SMILES string of the molecule is CC(C)CC(C)(NCc1cc(C#N)ccc1F)C(N)=O. The number of carbonyl (C=O) groups is 1. The largest absolute Gasteiger partial charge is 0.368 e. The van der Waals surface area contributed by atoms with Crippen LogP contribution in [0.15, 0.2) is 18.2 Å². The summed E-state index contributed by atoms with van der Waals surface area (Å²) in [6.07, 6.45) is 0.557. The molecule has 0 saturated carbocycles. The fourth-order valence-electron chi connectivity index (χ4n) is 2.15. The molecule has 20 heavy (non-hydrogen) atoms. The molecule has 0 aliphatic heterocycles. The minimum absolute atomic E-state index is 0.146. The summed E-state index contributed by atoms with van der Waals surface area (Å²) in [5.74, 6) is -0.605. The van der Waals surface area contributed by atoms with Crippen LogP contribution < -0.4 is 11.1 Å². The van der Waals surface area contributed by atoms with Gasteiger partial charge in [-0.1, -0.05) is 13.8 Å². The Kier molecular flexibility index (Phi) is 5.23. The molecule has 0 aliphatic carbocycles. The van der Waals surface area contributed by atoms with Gasteiger partial charge in [-0.2, -0.15) is 5.26 Å². The van der Waals surface area contributed by atoms with E-state index in [0.717, 1.165) is 0 Å². The molecule has 0 fully saturated rings. The lowest BCUT2D eigenvalue weighted by Crippen LogP contribution is -2.53. The number of halogens is 1. The van der Waals surface area contributed by atoms with Gasteiger partial charge in [-0.05, 0) is 37.5 Å². The number of benzene rings is 1. The maximum atomic E-state index is 13.7. The van der Waals surface area contributed by atoms with Gasteiger partial charge in [-0.25, -0.2) is 4.39 Å². The first-order valence-electron chi connectivity index (χ1n) is 6.52. The van der Waals surface area contributed by atoms with Crippen LogP contribution in [0.3, 0.4) is 0 Å². The number of primary amides is 1. The van der Waals surface area contributed by atoms with E-state index in [2.05, 4.69) is 5.32 Å². The highest BCUT2D eigenvalue weighted by molar-refractivity contribution is 5.84. The molecule has 108 valence electrons. The van der Waals surface area contributed by atoms with Gasteiger partial charge in [0.15, 0.2) is 0 Å². The standard InChI is InChI=1S/C15H20FN3O/c1-10(2)7-15(3,14(18)20)19-9-12-6-11(8-17)4-5-13(12)16/h4-6,10,19H,7,9H2,1-3H3,(H2,18,20). The maximum Gasteiger partial charge on any atom is 0.237 e. The van der Waals surface area contributed by atoms with Crippen LogP contribution in [0.2, 0.25) is 0 Å². The van der Waals surface area contributed by atoms with E-state index in [1.54, 1.807) is 6.92 Å². The predicted molar refractivity (Wildman–Crippen MR) is 75.0 cm³/mol. The second-order valence-electron chi connectivity index (χ2n) is 5.57. The third kappa shape index (κ3) is 4.04. The second kappa shape index (κ2) is 6.49. The topological polar surface area (TPSA) is 78.9 Å². The molecule has 1 aromatic rings. The molecule has 0 aliphatic rings. The van der Waals surface area contributed by atoms with Gasteiger partial charge >= 0.3 is 0 Å². The molecule has 0 bridgehead atoms. The van der Waals surface area contributed by atoms with Crippen molar-refractivity contribution >= 4 is 5.91 Å². The monoisotopic (exact) mass is 277 g/mol. The fourth-order valence-corrected chi connectivity index (χ4v) is 2.15. The van der Waals surface area contributed by atoms with Crippen molar-refractivity contribution in [2.24, 2.45) is 11.7 Å². The summed E-state index contributed by atoms with van der Waals surface area (Å²) in [5, 5.41) is 11.8. The van der Waals surface area contributed by atoms with E-state index in [1.807, 2.05) is 19.9 Å². The van der Waals surface area contributed by atoms with Crippen LogP contribution in [0.4, 0.5) is 4.39 Å². The lowest BCUT2D eigenvalue weighted by atomic mass is 9.89. The van der Waals surface area contributed by atoms with Crippen LogP contribution in [0.1, 0.15) is 38.3 Å². The van der Waals surface area contributed by atoms with Gasteiger partial charge in [0, 0.05) is 12.1 Å². The van der Waals surface area contributed by atoms with Crippen molar-refractivity contribution in [1.82, 2.24) is 5.32 Å². The number of carbonyl (C=O) groups excluding carboxylic acids is 1. The van der Waals surface area contributed by atoms with Crippen LogP contribution in [0.25, 0.3) is 0 Å². The Hall–Kier alpha value is -1.93. The van der Waals surface area contributed by atoms with Crippen molar-refractivity contribution in [3.63, 3.8) is 0 Å². The van der Waals surface area contributed by atoms with Gasteiger partial charge < -0.3 is 5.73 Å². The minimum atomic E-state index is -0.900. The fraction of sp³-hybridized carbons (Fsp3) is 0.467. The third-order valence-electron chi connectivity index (χ3n) is 3.20. The summed E-state index contributed by atoms with van der Waals surface area (Å²) in [7, 11) is 0. The van der Waals surface area contributed by atoms with Crippen LogP contribution in [0, 0.1) is 23.1 Å². The van der Waals surface area contributed by atoms with Crippen LogP contribution >= 0.6 is 0 Å². The highest BCUT2D eigenvalue weighted by atomic mass is 19.1. The molecule has 1 rings (SSSR count). The molecule has 1 amide bonds. The van der Waals surface area contributed by atoms with Gasteiger partial charge in [-0.3, -0.25) is 10.1 Å². The molecule has 0 spiro atoms. The van der Waals surface area contributed by atoms with Crippen molar-refractivity contribution in [2.75, 3.05) is 0 Å². The Labute approximate surface area is 118 Å². The van der Waals surface area contributed by atoms with Crippen molar-refractivity contribution in [3.05, 3.63) is 35.1 Å². The highest BCUT2D eigenvalue weighted by Crippen LogP contribution is 2.18. The third-order valence-corrected chi connectivity index (χ3v) is 3.20. The number of nitriles is 1. The summed E-state index contributed by atoms with van der Waals surface area (Å²) in [4.78, 5) is 11.6. The van der Waals surface area contributed by atoms with Gasteiger partial charge in [0.25, 0.3) is 0 Å². The number of hydrogen-bond acceptors (Lipinski definition) is 3. The molecule has 0 radical (unpaired) electrons. The molecular weight excluding hydrogens is 257 g/mol. The Morgan fingerprint density at radius 1 is 1.55 bits per heavy atom. The van der Waals surface area contributed by atoms with Gasteiger partial charge in [0.2, 0.25) is 5.91 Å². The van der Waals surface area contributed by atoms with Crippen LogP contribution in [-0.4, -0.2) is 11.4 Å². The van der Waals surface area contributed by atoms with E-state index in [0.29, 0.717) is 17.5 Å². The molecule has 0 aromatic heterocycles. The van der Waals surface area contributed by atoms with Gasteiger partial charge in [0.05, 0.1) is 17.2 Å². The first kappa shape index (κ1) is 16.1. The molecule has 4 nitrogen and oxygen atoms in total. The quantitative estimate of drug-likeness (QED) is 0.835. The summed E-state index contributed by atoms with van der Waals surface area (Å²) < 4.78 is 13.7. The Balaban J connectivity index is 2.88. The molecule has 1 unspecified atom stereocenters. The van der Waals surface area contributed by atoms with Crippen molar-refractivity contribution in [2.45, 2.75) is 39.3 Å². The molecule has 3 N–H and O–H groups in total. The Bertz CT molecular complexity index is 536. The number of nitrogens with zero attached hydrogens (tertiary/aromatic N) is 1. The Morgan fingerprint density at radius 3 is 2.70 bits per heavy atom. The average molecular weight is 277 g/mol. The van der Waals surface area contributed by atoms with Gasteiger partial charge in [-0.15, -0.1) is 0 Å². The minimum Gasteiger partial charge on any atom is -0.368 e. The second-order valence-corrected chi connectivity index (χ2v) is 5.57. The number of nitrogens with one attached hydrogen (secondary N) is 1. The Morgan fingerprint density at radius 2 is 2.20 bits per heavy atom.